The number of hydrogen-bond donors (Lipinski definition) is 3. The topological polar surface area (TPSA) is 78.8 Å². The molecule has 5 nitrogen and oxygen atoms in total. The predicted octanol–water partition coefficient (Wildman–Crippen LogP) is 6.96. The second-order valence-corrected chi connectivity index (χ2v) is 14.2. The van der Waals surface area contributed by atoms with E-state index < -0.39 is 0 Å². The van der Waals surface area contributed by atoms with Gasteiger partial charge in [-0.15, -0.1) is 0 Å². The first-order chi connectivity index (χ1) is 18.7. The molecule has 11 atom stereocenters. The molecule has 3 unspecified atom stereocenters. The van der Waals surface area contributed by atoms with Gasteiger partial charge in [0.25, 0.3) is 0 Å². The molecule has 4 aliphatic carbocycles. The van der Waals surface area contributed by atoms with Crippen molar-refractivity contribution in [2.75, 3.05) is 6.61 Å². The summed E-state index contributed by atoms with van der Waals surface area (Å²) in [5.74, 6) is 3.60. The maximum atomic E-state index is 12.1. The Morgan fingerprint density at radius 3 is 2.49 bits per heavy atom. The van der Waals surface area contributed by atoms with Crippen LogP contribution in [0.1, 0.15) is 97.5 Å². The summed E-state index contributed by atoms with van der Waals surface area (Å²) in [7, 11) is 0. The third-order valence-corrected chi connectivity index (χ3v) is 12.5. The molecule has 0 spiro atoms. The Hall–Kier alpha value is -1.59. The van der Waals surface area contributed by atoms with E-state index >= 15 is 0 Å². The van der Waals surface area contributed by atoms with Crippen LogP contribution in [0.3, 0.4) is 0 Å². The van der Waals surface area contributed by atoms with Crippen LogP contribution in [0.4, 0.5) is 4.79 Å². The van der Waals surface area contributed by atoms with Crippen molar-refractivity contribution in [3.8, 4) is 0 Å². The van der Waals surface area contributed by atoms with Gasteiger partial charge in [-0.25, -0.2) is 4.79 Å². The lowest BCUT2D eigenvalue weighted by Gasteiger charge is -2.64. The number of aliphatic hydroxyl groups is 2. The zero-order valence-corrected chi connectivity index (χ0v) is 24.8. The van der Waals surface area contributed by atoms with Gasteiger partial charge in [0.15, 0.2) is 0 Å². The smallest absolute Gasteiger partial charge is 0.407 e. The summed E-state index contributed by atoms with van der Waals surface area (Å²) in [5.41, 5.74) is 1.61. The summed E-state index contributed by atoms with van der Waals surface area (Å²) in [6, 6.07) is 9.91. The van der Waals surface area contributed by atoms with Crippen molar-refractivity contribution < 1.29 is 19.7 Å². The lowest BCUT2D eigenvalue weighted by Crippen LogP contribution is -2.62. The van der Waals surface area contributed by atoms with Gasteiger partial charge >= 0.3 is 6.09 Å². The minimum absolute atomic E-state index is 0.189. The van der Waals surface area contributed by atoms with Crippen LogP contribution in [0.15, 0.2) is 30.3 Å². The summed E-state index contributed by atoms with van der Waals surface area (Å²) in [6.45, 7) is 10.7. The molecule has 4 saturated carbocycles. The lowest BCUT2D eigenvalue weighted by molar-refractivity contribution is -0.203. The largest absolute Gasteiger partial charge is 0.450 e. The van der Waals surface area contributed by atoms with Crippen LogP contribution in [-0.4, -0.2) is 35.1 Å². The summed E-state index contributed by atoms with van der Waals surface area (Å²) in [5, 5.41) is 25.3. The van der Waals surface area contributed by atoms with Crippen LogP contribution in [0.2, 0.25) is 0 Å². The van der Waals surface area contributed by atoms with Crippen LogP contribution in [0.25, 0.3) is 0 Å². The number of aliphatic hydroxyl groups excluding tert-OH is 2. The summed E-state index contributed by atoms with van der Waals surface area (Å²) < 4.78 is 5.49. The van der Waals surface area contributed by atoms with Crippen LogP contribution >= 0.6 is 0 Å². The monoisotopic (exact) mass is 539 g/mol. The second-order valence-electron chi connectivity index (χ2n) is 14.2. The Balaban J connectivity index is 1.17. The number of benzene rings is 1. The molecular weight excluding hydrogens is 486 g/mol. The number of carbonyl (C=O) groups excluding carboxylic acids is 1. The molecule has 39 heavy (non-hydrogen) atoms. The first-order valence-corrected chi connectivity index (χ1v) is 16.0. The van der Waals surface area contributed by atoms with Crippen molar-refractivity contribution in [1.29, 1.82) is 0 Å². The van der Waals surface area contributed by atoms with Crippen LogP contribution in [0.5, 0.6) is 0 Å². The van der Waals surface area contributed by atoms with E-state index in [1.165, 1.54) is 25.7 Å². The van der Waals surface area contributed by atoms with Crippen molar-refractivity contribution in [1.82, 2.24) is 5.32 Å². The first-order valence-electron chi connectivity index (χ1n) is 16.0. The molecule has 3 N–H and O–H groups in total. The molecular formula is C34H53NO4. The number of amides is 1. The highest BCUT2D eigenvalue weighted by atomic mass is 16.5. The van der Waals surface area contributed by atoms with E-state index in [0.29, 0.717) is 54.6 Å². The number of carbonyl (C=O) groups is 1. The Morgan fingerprint density at radius 2 is 1.74 bits per heavy atom. The van der Waals surface area contributed by atoms with E-state index in [1.54, 1.807) is 0 Å². The fourth-order valence-corrected chi connectivity index (χ4v) is 10.5. The van der Waals surface area contributed by atoms with Crippen molar-refractivity contribution >= 4 is 6.09 Å². The van der Waals surface area contributed by atoms with Gasteiger partial charge in [0.05, 0.1) is 18.8 Å². The molecule has 218 valence electrons. The SMILES string of the molecule is CC[C@H]1[C@@H](O)C2[C@@H]3CC[C@H]([C@H](C)CCCOC(=O)NCc4ccccc4)C3(C)CC[C@@H]2C2(C)CC[C@@H](O)C[C@@H]12. The molecule has 1 aromatic rings. The summed E-state index contributed by atoms with van der Waals surface area (Å²) in [4.78, 5) is 12.1. The summed E-state index contributed by atoms with van der Waals surface area (Å²) >= 11 is 0. The molecule has 4 fully saturated rings. The zero-order valence-electron chi connectivity index (χ0n) is 24.8. The molecule has 0 radical (unpaired) electrons. The van der Waals surface area contributed by atoms with Gasteiger partial charge in [-0.1, -0.05) is 64.4 Å². The van der Waals surface area contributed by atoms with Crippen molar-refractivity contribution in [3.05, 3.63) is 35.9 Å². The van der Waals surface area contributed by atoms with Gasteiger partial charge in [0.2, 0.25) is 0 Å². The fraction of sp³-hybridized carbons (Fsp3) is 0.794. The van der Waals surface area contributed by atoms with Gasteiger partial charge in [-0.2, -0.15) is 0 Å². The molecule has 0 heterocycles. The van der Waals surface area contributed by atoms with E-state index in [9.17, 15) is 15.0 Å². The van der Waals surface area contributed by atoms with Gasteiger partial charge in [0, 0.05) is 6.54 Å². The number of hydrogen-bond acceptors (Lipinski definition) is 4. The highest BCUT2D eigenvalue weighted by Gasteiger charge is 2.64. The van der Waals surface area contributed by atoms with Crippen LogP contribution in [0, 0.1) is 52.3 Å². The minimum Gasteiger partial charge on any atom is -0.450 e. The Morgan fingerprint density at radius 1 is 1.03 bits per heavy atom. The highest BCUT2D eigenvalue weighted by molar-refractivity contribution is 5.67. The quantitative estimate of drug-likeness (QED) is 0.312. The van der Waals surface area contributed by atoms with E-state index in [0.717, 1.165) is 44.1 Å². The first kappa shape index (κ1) is 28.9. The Labute approximate surface area is 236 Å². The van der Waals surface area contributed by atoms with Crippen LogP contribution in [-0.2, 0) is 11.3 Å². The van der Waals surface area contributed by atoms with E-state index in [4.69, 9.17) is 4.74 Å². The fourth-order valence-electron chi connectivity index (χ4n) is 10.5. The average molecular weight is 540 g/mol. The number of ether oxygens (including phenoxy) is 1. The third-order valence-electron chi connectivity index (χ3n) is 12.5. The van der Waals surface area contributed by atoms with Gasteiger partial charge < -0.3 is 20.3 Å². The van der Waals surface area contributed by atoms with Gasteiger partial charge in [-0.3, -0.25) is 0 Å². The maximum Gasteiger partial charge on any atom is 0.407 e. The standard InChI is InChI=1S/C34H53NO4/c1-5-25-29-20-24(36)15-17-34(29,4)28-16-18-33(3)26(13-14-27(33)30(28)31(25)37)22(2)10-9-19-39-32(38)35-21-23-11-7-6-8-12-23/h6-8,11-12,22,24-31,36-37H,5,9-10,13-21H2,1-4H3,(H,35,38)/t22-,24-,25-,26-,27+,28+,29+,30?,31-,33?,34?/m1/s1. The molecule has 1 aromatic carbocycles. The highest BCUT2D eigenvalue weighted by Crippen LogP contribution is 2.69. The summed E-state index contributed by atoms with van der Waals surface area (Å²) in [6.07, 6.45) is 10.1. The molecule has 1 amide bonds. The molecule has 5 rings (SSSR count). The molecule has 0 saturated heterocycles. The van der Waals surface area contributed by atoms with E-state index in [2.05, 4.69) is 33.0 Å². The normalized spacial score (nSPS) is 42.1. The van der Waals surface area contributed by atoms with Crippen molar-refractivity contribution in [2.45, 2.75) is 111 Å². The molecule has 5 heteroatoms. The second kappa shape index (κ2) is 11.7. The lowest BCUT2D eigenvalue weighted by atomic mass is 9.41. The number of alkyl carbamates (subject to hydrolysis) is 1. The Bertz CT molecular complexity index is 969. The molecule has 0 aliphatic heterocycles. The predicted molar refractivity (Wildman–Crippen MR) is 155 cm³/mol. The zero-order chi connectivity index (χ0) is 27.8. The van der Waals surface area contributed by atoms with Crippen molar-refractivity contribution in [2.24, 2.45) is 52.3 Å². The third kappa shape index (κ3) is 5.39. The maximum absolute atomic E-state index is 12.1. The molecule has 0 aromatic heterocycles. The average Bonchev–Trinajstić information content (AvgIpc) is 3.29. The van der Waals surface area contributed by atoms with Gasteiger partial charge in [0.1, 0.15) is 0 Å². The van der Waals surface area contributed by atoms with E-state index in [-0.39, 0.29) is 29.1 Å². The molecule has 4 aliphatic rings. The minimum atomic E-state index is -0.337. The number of nitrogens with one attached hydrogen (secondary N) is 1. The van der Waals surface area contributed by atoms with Gasteiger partial charge in [-0.05, 0) is 116 Å². The van der Waals surface area contributed by atoms with Crippen molar-refractivity contribution in [3.63, 3.8) is 0 Å². The Kier molecular flexibility index (Phi) is 8.69. The number of fused-ring (bicyclic) bond motifs is 5. The molecule has 0 bridgehead atoms. The van der Waals surface area contributed by atoms with E-state index in [1.807, 2.05) is 30.3 Å². The number of rotatable bonds is 8. The van der Waals surface area contributed by atoms with Crippen LogP contribution < -0.4 is 5.32 Å².